The van der Waals surface area contributed by atoms with Gasteiger partial charge >= 0.3 is 0 Å². The summed E-state index contributed by atoms with van der Waals surface area (Å²) in [6.07, 6.45) is 1.48. The number of aryl methyl sites for hydroxylation is 2. The van der Waals surface area contributed by atoms with Crippen LogP contribution in [0, 0.1) is 6.92 Å². The third-order valence-corrected chi connectivity index (χ3v) is 4.61. The lowest BCUT2D eigenvalue weighted by Gasteiger charge is -2.12. The summed E-state index contributed by atoms with van der Waals surface area (Å²) in [6, 6.07) is 7.37. The van der Waals surface area contributed by atoms with Crippen molar-refractivity contribution in [1.29, 1.82) is 0 Å². The molecule has 0 unspecified atom stereocenters. The minimum atomic E-state index is -3.72. The maximum atomic E-state index is 12.4. The Kier molecular flexibility index (Phi) is 4.04. The zero-order valence-corrected chi connectivity index (χ0v) is 12.6. The first-order valence-corrected chi connectivity index (χ1v) is 7.91. The van der Waals surface area contributed by atoms with Crippen molar-refractivity contribution >= 4 is 21.4 Å². The fourth-order valence-corrected chi connectivity index (χ4v) is 3.29. The second-order valence-electron chi connectivity index (χ2n) is 4.67. The Labute approximate surface area is 123 Å². The minimum absolute atomic E-state index is 0.158. The highest BCUT2D eigenvalue weighted by molar-refractivity contribution is 7.92. The highest BCUT2D eigenvalue weighted by Crippen LogP contribution is 2.20. The lowest BCUT2D eigenvalue weighted by molar-refractivity contribution is 0.600. The molecule has 0 radical (unpaired) electrons. The normalized spacial score (nSPS) is 11.3. The van der Waals surface area contributed by atoms with E-state index >= 15 is 0 Å². The fraction of sp³-hybridized carbons (Fsp3) is 0.214. The molecule has 0 saturated heterocycles. The molecule has 2 aromatic rings. The van der Waals surface area contributed by atoms with E-state index in [4.69, 9.17) is 5.73 Å². The molecule has 1 aromatic heterocycles. The molecule has 1 aromatic carbocycles. The van der Waals surface area contributed by atoms with Crippen LogP contribution in [0.15, 0.2) is 46.2 Å². The molecule has 0 aliphatic rings. The van der Waals surface area contributed by atoms with Crippen LogP contribution >= 0.6 is 0 Å². The van der Waals surface area contributed by atoms with Crippen LogP contribution in [-0.4, -0.2) is 13.0 Å². The summed E-state index contributed by atoms with van der Waals surface area (Å²) in [7, 11) is -3.72. The molecule has 112 valence electrons. The minimum Gasteiger partial charge on any atom is -0.399 e. The van der Waals surface area contributed by atoms with Gasteiger partial charge in [-0.2, -0.15) is 0 Å². The first kappa shape index (κ1) is 15.1. The number of nitrogens with zero attached hydrogens (tertiary/aromatic N) is 1. The summed E-state index contributed by atoms with van der Waals surface area (Å²) in [5.74, 6) is 0. The van der Waals surface area contributed by atoms with Crippen molar-refractivity contribution in [2.75, 3.05) is 10.5 Å². The van der Waals surface area contributed by atoms with Crippen molar-refractivity contribution in [3.8, 4) is 0 Å². The quantitative estimate of drug-likeness (QED) is 0.838. The van der Waals surface area contributed by atoms with Crippen molar-refractivity contribution in [1.82, 2.24) is 4.57 Å². The molecule has 6 nitrogen and oxygen atoms in total. The third-order valence-electron chi connectivity index (χ3n) is 3.06. The second kappa shape index (κ2) is 5.61. The molecule has 0 amide bonds. The predicted molar refractivity (Wildman–Crippen MR) is 82.8 cm³/mol. The van der Waals surface area contributed by atoms with E-state index in [1.165, 1.54) is 35.0 Å². The van der Waals surface area contributed by atoms with Gasteiger partial charge in [0.2, 0.25) is 0 Å². The maximum Gasteiger partial charge on any atom is 0.262 e. The molecular weight excluding hydrogens is 290 g/mol. The monoisotopic (exact) mass is 307 g/mol. The predicted octanol–water partition coefficient (Wildman–Crippen LogP) is 1.56. The van der Waals surface area contributed by atoms with Gasteiger partial charge in [0.05, 0.1) is 10.6 Å². The summed E-state index contributed by atoms with van der Waals surface area (Å²) >= 11 is 0. The van der Waals surface area contributed by atoms with E-state index < -0.39 is 10.0 Å². The number of nitrogen functional groups attached to an aromatic ring is 1. The Bertz CT molecular complexity index is 826. The van der Waals surface area contributed by atoms with Gasteiger partial charge in [0, 0.05) is 24.5 Å². The van der Waals surface area contributed by atoms with Gasteiger partial charge in [-0.3, -0.25) is 9.52 Å². The topological polar surface area (TPSA) is 94.2 Å². The van der Waals surface area contributed by atoms with E-state index in [0.717, 1.165) is 0 Å². The molecule has 0 aliphatic heterocycles. The summed E-state index contributed by atoms with van der Waals surface area (Å²) < 4.78 is 28.7. The number of nitrogens with two attached hydrogens (primary N) is 1. The maximum absolute atomic E-state index is 12.4. The Morgan fingerprint density at radius 1 is 1.24 bits per heavy atom. The van der Waals surface area contributed by atoms with E-state index in [9.17, 15) is 13.2 Å². The second-order valence-corrected chi connectivity index (χ2v) is 6.32. The molecule has 0 fully saturated rings. The number of rotatable bonds is 4. The number of hydrogen-bond donors (Lipinski definition) is 2. The van der Waals surface area contributed by atoms with Crippen LogP contribution in [-0.2, 0) is 16.6 Å². The number of pyridine rings is 1. The molecular formula is C14H17N3O3S. The van der Waals surface area contributed by atoms with Crippen molar-refractivity contribution in [3.05, 3.63) is 52.4 Å². The van der Waals surface area contributed by atoms with Crippen molar-refractivity contribution < 1.29 is 8.42 Å². The van der Waals surface area contributed by atoms with Crippen LogP contribution in [0.5, 0.6) is 0 Å². The molecule has 1 heterocycles. The summed E-state index contributed by atoms with van der Waals surface area (Å²) in [5, 5.41) is 0. The average molecular weight is 307 g/mol. The molecule has 3 N–H and O–H groups in total. The summed E-state index contributed by atoms with van der Waals surface area (Å²) in [5.41, 5.74) is 6.86. The van der Waals surface area contributed by atoms with Gasteiger partial charge in [0.15, 0.2) is 0 Å². The average Bonchev–Trinajstić information content (AvgIpc) is 2.40. The van der Waals surface area contributed by atoms with Crippen LogP contribution < -0.4 is 16.0 Å². The van der Waals surface area contributed by atoms with Crippen LogP contribution in [0.25, 0.3) is 0 Å². The summed E-state index contributed by atoms with van der Waals surface area (Å²) in [4.78, 5) is 11.7. The molecule has 0 bridgehead atoms. The Morgan fingerprint density at radius 2 is 1.95 bits per heavy atom. The van der Waals surface area contributed by atoms with E-state index in [0.29, 0.717) is 23.5 Å². The van der Waals surface area contributed by atoms with Gasteiger partial charge in [-0.25, -0.2) is 8.42 Å². The van der Waals surface area contributed by atoms with Crippen molar-refractivity contribution in [3.63, 3.8) is 0 Å². The van der Waals surface area contributed by atoms with E-state index in [2.05, 4.69) is 4.72 Å². The smallest absolute Gasteiger partial charge is 0.262 e. The zero-order chi connectivity index (χ0) is 15.6. The van der Waals surface area contributed by atoms with E-state index in [-0.39, 0.29) is 10.5 Å². The molecule has 7 heteroatoms. The molecule has 0 saturated carbocycles. The van der Waals surface area contributed by atoms with Gasteiger partial charge in [-0.15, -0.1) is 0 Å². The SMILES string of the molecule is CCn1cc(NS(=O)(=O)c2ccc(N)cc2C)ccc1=O. The highest BCUT2D eigenvalue weighted by Gasteiger charge is 2.17. The van der Waals surface area contributed by atoms with E-state index in [1.54, 1.807) is 13.0 Å². The van der Waals surface area contributed by atoms with Gasteiger partial charge in [-0.1, -0.05) is 0 Å². The third kappa shape index (κ3) is 3.25. The van der Waals surface area contributed by atoms with Crippen molar-refractivity contribution in [2.45, 2.75) is 25.3 Å². The number of nitrogens with one attached hydrogen (secondary N) is 1. The van der Waals surface area contributed by atoms with Crippen molar-refractivity contribution in [2.24, 2.45) is 0 Å². The highest BCUT2D eigenvalue weighted by atomic mass is 32.2. The van der Waals surface area contributed by atoms with Gasteiger partial charge < -0.3 is 10.3 Å². The van der Waals surface area contributed by atoms with Crippen LogP contribution in [0.2, 0.25) is 0 Å². The number of aromatic nitrogens is 1. The number of benzene rings is 1. The molecule has 0 spiro atoms. The van der Waals surface area contributed by atoms with Gasteiger partial charge in [0.25, 0.3) is 15.6 Å². The van der Waals surface area contributed by atoms with Gasteiger partial charge in [-0.05, 0) is 43.7 Å². The largest absolute Gasteiger partial charge is 0.399 e. The van der Waals surface area contributed by atoms with Crippen LogP contribution in [0.3, 0.4) is 0 Å². The molecule has 21 heavy (non-hydrogen) atoms. The fourth-order valence-electron chi connectivity index (χ4n) is 2.02. The molecule has 2 rings (SSSR count). The Balaban J connectivity index is 2.39. The lowest BCUT2D eigenvalue weighted by Crippen LogP contribution is -2.20. The first-order valence-electron chi connectivity index (χ1n) is 6.43. The first-order chi connectivity index (χ1) is 9.83. The summed E-state index contributed by atoms with van der Waals surface area (Å²) in [6.45, 7) is 3.96. The standard InChI is InChI=1S/C14H17N3O3S/c1-3-17-9-12(5-7-14(17)18)16-21(19,20)13-6-4-11(15)8-10(13)2/h4-9,16H,3,15H2,1-2H3. The number of anilines is 2. The molecule has 0 aliphatic carbocycles. The zero-order valence-electron chi connectivity index (χ0n) is 11.8. The Hall–Kier alpha value is -2.28. The Morgan fingerprint density at radius 3 is 2.57 bits per heavy atom. The van der Waals surface area contributed by atoms with Gasteiger partial charge in [0.1, 0.15) is 0 Å². The van der Waals surface area contributed by atoms with E-state index in [1.807, 2.05) is 6.92 Å². The molecule has 0 atom stereocenters. The number of sulfonamides is 1. The van der Waals surface area contributed by atoms with Crippen LogP contribution in [0.1, 0.15) is 12.5 Å². The lowest BCUT2D eigenvalue weighted by atomic mass is 10.2. The van der Waals surface area contributed by atoms with Crippen LogP contribution in [0.4, 0.5) is 11.4 Å². The number of hydrogen-bond acceptors (Lipinski definition) is 4.